The summed E-state index contributed by atoms with van der Waals surface area (Å²) >= 11 is 0. The number of benzene rings is 1. The number of anilines is 2. The predicted molar refractivity (Wildman–Crippen MR) is 174 cm³/mol. The zero-order valence-corrected chi connectivity index (χ0v) is 25.9. The highest BCUT2D eigenvalue weighted by Gasteiger charge is 2.27. The van der Waals surface area contributed by atoms with Gasteiger partial charge >= 0.3 is 0 Å². The van der Waals surface area contributed by atoms with Gasteiger partial charge in [0.2, 0.25) is 5.95 Å². The van der Waals surface area contributed by atoms with Crippen LogP contribution in [0.25, 0.3) is 11.2 Å². The highest BCUT2D eigenvalue weighted by atomic mass is 16.2. The van der Waals surface area contributed by atoms with Crippen LogP contribution in [-0.4, -0.2) is 61.5 Å². The summed E-state index contributed by atoms with van der Waals surface area (Å²) < 4.78 is 2.27. The largest absolute Gasteiger partial charge is 0.365 e. The number of amides is 1. The second-order valence-corrected chi connectivity index (χ2v) is 13.1. The molecule has 0 unspecified atom stereocenters. The Hall–Kier alpha value is -3.20. The number of aromatic nitrogens is 4. The van der Waals surface area contributed by atoms with Crippen LogP contribution in [0.5, 0.6) is 0 Å². The molecule has 3 heterocycles. The smallest absolute Gasteiger partial charge is 0.253 e. The Morgan fingerprint density at radius 3 is 2.33 bits per heavy atom. The quantitative estimate of drug-likeness (QED) is 0.221. The number of rotatable bonds is 11. The lowest BCUT2D eigenvalue weighted by Gasteiger charge is -2.33. The van der Waals surface area contributed by atoms with Gasteiger partial charge in [0.15, 0.2) is 17.0 Å². The number of nitrogens with one attached hydrogen (secondary N) is 2. The molecule has 2 aromatic heterocycles. The molecule has 3 aromatic rings. The Kier molecular flexibility index (Phi) is 9.76. The van der Waals surface area contributed by atoms with E-state index in [4.69, 9.17) is 20.7 Å². The Balaban J connectivity index is 1.10. The monoisotopic (exact) mass is 586 g/mol. The van der Waals surface area contributed by atoms with Crippen molar-refractivity contribution in [2.24, 2.45) is 5.73 Å². The van der Waals surface area contributed by atoms with Gasteiger partial charge in [-0.1, -0.05) is 51.2 Å². The number of nitrogens with zero attached hydrogens (tertiary/aromatic N) is 5. The SMILES string of the molecule is CCCCCCc1ccc(C(=O)N2CCC(Nc3nc(N[C@H]4CC[C@H](N)CC4)nc4c3ncn4C3CCCC3)CC2)cc1. The highest BCUT2D eigenvalue weighted by molar-refractivity contribution is 5.94. The fraction of sp³-hybridized carbons (Fsp3) is 0.647. The molecule has 4 N–H and O–H groups in total. The van der Waals surface area contributed by atoms with E-state index in [0.717, 1.165) is 80.6 Å². The van der Waals surface area contributed by atoms with Crippen LogP contribution >= 0.6 is 0 Å². The number of aryl methyl sites for hydroxylation is 1. The number of fused-ring (bicyclic) bond motifs is 1. The zero-order chi connectivity index (χ0) is 29.6. The number of carbonyl (C=O) groups is 1. The third-order valence-electron chi connectivity index (χ3n) is 9.89. The van der Waals surface area contributed by atoms with E-state index in [1.807, 2.05) is 23.4 Å². The van der Waals surface area contributed by atoms with Crippen molar-refractivity contribution in [2.75, 3.05) is 23.7 Å². The van der Waals surface area contributed by atoms with Crippen molar-refractivity contribution in [1.29, 1.82) is 0 Å². The molecule has 3 aliphatic rings. The average Bonchev–Trinajstić information content (AvgIpc) is 3.71. The van der Waals surface area contributed by atoms with E-state index in [1.54, 1.807) is 0 Å². The summed E-state index contributed by atoms with van der Waals surface area (Å²) in [6.45, 7) is 3.70. The lowest BCUT2D eigenvalue weighted by atomic mass is 9.92. The molecule has 1 saturated heterocycles. The summed E-state index contributed by atoms with van der Waals surface area (Å²) in [7, 11) is 0. The number of hydrogen-bond acceptors (Lipinski definition) is 7. The second-order valence-electron chi connectivity index (χ2n) is 13.1. The van der Waals surface area contributed by atoms with Crippen molar-refractivity contribution in [3.05, 3.63) is 41.7 Å². The van der Waals surface area contributed by atoms with Crippen LogP contribution in [0.2, 0.25) is 0 Å². The summed E-state index contributed by atoms with van der Waals surface area (Å²) in [6.07, 6.45) is 18.9. The van der Waals surface area contributed by atoms with Crippen LogP contribution in [-0.2, 0) is 6.42 Å². The summed E-state index contributed by atoms with van der Waals surface area (Å²) in [5.74, 6) is 1.61. The molecule has 0 spiro atoms. The van der Waals surface area contributed by atoms with Crippen molar-refractivity contribution in [3.8, 4) is 0 Å². The number of nitrogens with two attached hydrogens (primary N) is 1. The molecule has 1 amide bonds. The maximum absolute atomic E-state index is 13.3. The van der Waals surface area contributed by atoms with Crippen LogP contribution in [0, 0.1) is 0 Å². The Morgan fingerprint density at radius 2 is 1.60 bits per heavy atom. The van der Waals surface area contributed by atoms with Crippen LogP contribution in [0.1, 0.15) is 119 Å². The normalized spacial score (nSPS) is 21.9. The summed E-state index contributed by atoms with van der Waals surface area (Å²) in [4.78, 5) is 30.1. The van der Waals surface area contributed by atoms with Crippen molar-refractivity contribution in [3.63, 3.8) is 0 Å². The maximum atomic E-state index is 13.3. The third kappa shape index (κ3) is 7.31. The molecule has 1 aromatic carbocycles. The first-order valence-corrected chi connectivity index (χ1v) is 17.0. The molecule has 1 aliphatic heterocycles. The summed E-state index contributed by atoms with van der Waals surface area (Å²) in [6, 6.07) is 9.61. The molecule has 2 saturated carbocycles. The van der Waals surface area contributed by atoms with Gasteiger partial charge in [0.1, 0.15) is 0 Å². The fourth-order valence-corrected chi connectivity index (χ4v) is 7.15. The minimum absolute atomic E-state index is 0.134. The molecule has 0 atom stereocenters. The molecule has 9 nitrogen and oxygen atoms in total. The van der Waals surface area contributed by atoms with Gasteiger partial charge in [0.25, 0.3) is 5.91 Å². The van der Waals surface area contributed by atoms with E-state index in [2.05, 4.69) is 34.3 Å². The fourth-order valence-electron chi connectivity index (χ4n) is 7.15. The van der Waals surface area contributed by atoms with E-state index in [1.165, 1.54) is 56.9 Å². The molecule has 3 fully saturated rings. The van der Waals surface area contributed by atoms with Crippen LogP contribution in [0.15, 0.2) is 30.6 Å². The third-order valence-corrected chi connectivity index (χ3v) is 9.89. The van der Waals surface area contributed by atoms with E-state index < -0.39 is 0 Å². The van der Waals surface area contributed by atoms with Crippen LogP contribution in [0.4, 0.5) is 11.8 Å². The second kappa shape index (κ2) is 14.1. The highest BCUT2D eigenvalue weighted by Crippen LogP contribution is 2.34. The molecule has 0 bridgehead atoms. The lowest BCUT2D eigenvalue weighted by molar-refractivity contribution is 0.0718. The standard InChI is InChI=1S/C34H50N8O/c1-2-3-4-5-8-24-11-13-25(14-12-24)33(43)41-21-19-28(20-22-41)37-31-30-32(42(23-36-30)29-9-6-7-10-29)40-34(39-31)38-27-17-15-26(35)16-18-27/h11-14,23,26-29H,2-10,15-22,35H2,1H3,(H2,37,38,39,40)/t26-,27-. The number of unbranched alkanes of at least 4 members (excludes halogenated alkanes) is 3. The van der Waals surface area contributed by atoms with Crippen molar-refractivity contribution >= 4 is 28.8 Å². The van der Waals surface area contributed by atoms with Gasteiger partial charge in [-0.15, -0.1) is 0 Å². The van der Waals surface area contributed by atoms with Gasteiger partial charge in [-0.05, 0) is 81.9 Å². The van der Waals surface area contributed by atoms with Crippen molar-refractivity contribution in [2.45, 2.75) is 127 Å². The predicted octanol–water partition coefficient (Wildman–Crippen LogP) is 6.46. The van der Waals surface area contributed by atoms with Gasteiger partial charge in [0.05, 0.1) is 6.33 Å². The molecule has 0 radical (unpaired) electrons. The van der Waals surface area contributed by atoms with Gasteiger partial charge in [-0.3, -0.25) is 4.79 Å². The van der Waals surface area contributed by atoms with E-state index in [-0.39, 0.29) is 11.9 Å². The minimum Gasteiger partial charge on any atom is -0.365 e. The zero-order valence-electron chi connectivity index (χ0n) is 25.9. The molecule has 43 heavy (non-hydrogen) atoms. The molecular weight excluding hydrogens is 536 g/mol. The number of piperidine rings is 1. The number of likely N-dealkylation sites (tertiary alicyclic amines) is 1. The molecule has 2 aliphatic carbocycles. The Labute approximate surface area is 256 Å². The van der Waals surface area contributed by atoms with Crippen LogP contribution in [0.3, 0.4) is 0 Å². The lowest BCUT2D eigenvalue weighted by Crippen LogP contribution is -2.42. The topological polar surface area (TPSA) is 114 Å². The van der Waals surface area contributed by atoms with Gasteiger partial charge < -0.3 is 25.8 Å². The maximum Gasteiger partial charge on any atom is 0.253 e. The molecule has 232 valence electrons. The van der Waals surface area contributed by atoms with Crippen molar-refractivity contribution in [1.82, 2.24) is 24.4 Å². The molecule has 9 heteroatoms. The van der Waals surface area contributed by atoms with Crippen LogP contribution < -0.4 is 16.4 Å². The number of carbonyl (C=O) groups excluding carboxylic acids is 1. The van der Waals surface area contributed by atoms with Gasteiger partial charge in [0, 0.05) is 42.8 Å². The minimum atomic E-state index is 0.134. The average molecular weight is 587 g/mol. The first-order valence-electron chi connectivity index (χ1n) is 17.0. The first-order chi connectivity index (χ1) is 21.1. The summed E-state index contributed by atoms with van der Waals surface area (Å²) in [5.41, 5.74) is 10.0. The van der Waals surface area contributed by atoms with Crippen molar-refractivity contribution < 1.29 is 4.79 Å². The van der Waals surface area contributed by atoms with Gasteiger partial charge in [-0.25, -0.2) is 4.98 Å². The number of hydrogen-bond donors (Lipinski definition) is 3. The number of imidazole rings is 1. The van der Waals surface area contributed by atoms with Gasteiger partial charge in [-0.2, -0.15) is 9.97 Å². The summed E-state index contributed by atoms with van der Waals surface area (Å²) in [5, 5.41) is 7.35. The molecular formula is C34H50N8O. The van der Waals surface area contributed by atoms with E-state index in [0.29, 0.717) is 24.1 Å². The van der Waals surface area contributed by atoms with E-state index in [9.17, 15) is 4.79 Å². The Morgan fingerprint density at radius 1 is 0.884 bits per heavy atom. The first kappa shape index (κ1) is 29.9. The van der Waals surface area contributed by atoms with E-state index >= 15 is 0 Å². The molecule has 6 rings (SSSR count). The Bertz CT molecular complexity index is 1330.